The zero-order chi connectivity index (χ0) is 11.5. The Morgan fingerprint density at radius 3 is 2.60 bits per heavy atom. The summed E-state index contributed by atoms with van der Waals surface area (Å²) in [5.41, 5.74) is 0. The van der Waals surface area contributed by atoms with Crippen LogP contribution in [0.2, 0.25) is 0 Å². The fourth-order valence-electron chi connectivity index (χ4n) is 1.36. The fourth-order valence-corrected chi connectivity index (χ4v) is 2.36. The number of aromatic amines is 1. The molecular formula is C7H15N5O2S. The number of nitrogens with zero attached hydrogens (tertiary/aromatic N) is 3. The third kappa shape index (κ3) is 4.34. The molecular weight excluding hydrogens is 218 g/mol. The number of H-pyrrole nitrogens is 1. The minimum Gasteiger partial charge on any atom is -0.304 e. The molecule has 2 N–H and O–H groups in total. The molecule has 1 aromatic heterocycles. The first-order chi connectivity index (χ1) is 6.88. The van der Waals surface area contributed by atoms with Crippen molar-refractivity contribution in [1.29, 1.82) is 0 Å². The monoisotopic (exact) mass is 233 g/mol. The van der Waals surface area contributed by atoms with Gasteiger partial charge in [-0.3, -0.25) is 0 Å². The summed E-state index contributed by atoms with van der Waals surface area (Å²) in [6, 6.07) is -0.269. The van der Waals surface area contributed by atoms with Crippen LogP contribution in [-0.4, -0.2) is 47.1 Å². The molecule has 0 aliphatic rings. The zero-order valence-corrected chi connectivity index (χ0v) is 9.74. The summed E-state index contributed by atoms with van der Waals surface area (Å²) in [5, 5.41) is 16.5. The van der Waals surface area contributed by atoms with Gasteiger partial charge in [-0.1, -0.05) is 5.21 Å². The molecule has 0 bridgehead atoms. The summed E-state index contributed by atoms with van der Waals surface area (Å²) in [6.07, 6.45) is 1.21. The van der Waals surface area contributed by atoms with Crippen molar-refractivity contribution in [2.75, 3.05) is 12.0 Å². The van der Waals surface area contributed by atoms with Crippen molar-refractivity contribution >= 4 is 9.84 Å². The third-order valence-corrected chi connectivity index (χ3v) is 2.94. The van der Waals surface area contributed by atoms with Crippen molar-refractivity contribution in [3.8, 4) is 0 Å². The van der Waals surface area contributed by atoms with Gasteiger partial charge in [0.2, 0.25) is 0 Å². The van der Waals surface area contributed by atoms with E-state index < -0.39 is 9.84 Å². The van der Waals surface area contributed by atoms with Gasteiger partial charge in [0.25, 0.3) is 0 Å². The Morgan fingerprint density at radius 1 is 1.47 bits per heavy atom. The quantitative estimate of drug-likeness (QED) is 0.696. The second kappa shape index (κ2) is 4.67. The lowest BCUT2D eigenvalue weighted by Crippen LogP contribution is -2.35. The van der Waals surface area contributed by atoms with Crippen molar-refractivity contribution in [3.05, 3.63) is 5.82 Å². The van der Waals surface area contributed by atoms with Gasteiger partial charge in [0.05, 0.1) is 11.8 Å². The van der Waals surface area contributed by atoms with Crippen molar-refractivity contribution in [3.63, 3.8) is 0 Å². The van der Waals surface area contributed by atoms with Gasteiger partial charge >= 0.3 is 0 Å². The van der Waals surface area contributed by atoms with Crippen LogP contribution >= 0.6 is 0 Å². The standard InChI is InChI=1S/C7H15N5O2S/c1-5(4-15(3,13)14)8-6(2)7-9-11-12-10-7/h5-6,8H,4H2,1-3H3,(H,9,10,11,12). The molecule has 0 saturated heterocycles. The summed E-state index contributed by atoms with van der Waals surface area (Å²) in [4.78, 5) is 0. The number of tetrazole rings is 1. The molecule has 0 spiro atoms. The van der Waals surface area contributed by atoms with E-state index >= 15 is 0 Å². The van der Waals surface area contributed by atoms with E-state index in [1.807, 2.05) is 6.92 Å². The van der Waals surface area contributed by atoms with Crippen LogP contribution in [0.15, 0.2) is 0 Å². The number of sulfone groups is 1. The SMILES string of the molecule is CC(CS(C)(=O)=O)NC(C)c1nn[nH]n1. The fraction of sp³-hybridized carbons (Fsp3) is 0.857. The van der Waals surface area contributed by atoms with Gasteiger partial charge < -0.3 is 5.32 Å². The Hall–Kier alpha value is -1.02. The highest BCUT2D eigenvalue weighted by Gasteiger charge is 2.16. The molecule has 0 amide bonds. The molecule has 0 aromatic carbocycles. The van der Waals surface area contributed by atoms with Gasteiger partial charge in [-0.25, -0.2) is 8.42 Å². The Morgan fingerprint density at radius 2 is 2.13 bits per heavy atom. The topological polar surface area (TPSA) is 101 Å². The van der Waals surface area contributed by atoms with E-state index in [1.165, 1.54) is 6.26 Å². The molecule has 2 unspecified atom stereocenters. The number of rotatable bonds is 5. The van der Waals surface area contributed by atoms with E-state index in [0.717, 1.165) is 0 Å². The maximum Gasteiger partial charge on any atom is 0.191 e. The number of aromatic nitrogens is 4. The van der Waals surface area contributed by atoms with Crippen LogP contribution in [0.4, 0.5) is 0 Å². The summed E-state index contributed by atoms with van der Waals surface area (Å²) in [6.45, 7) is 3.65. The molecule has 8 heteroatoms. The Labute approximate surface area is 88.6 Å². The molecule has 7 nitrogen and oxygen atoms in total. The van der Waals surface area contributed by atoms with Crippen LogP contribution in [0, 0.1) is 0 Å². The lowest BCUT2D eigenvalue weighted by molar-refractivity contribution is 0.484. The lowest BCUT2D eigenvalue weighted by Gasteiger charge is -2.16. The van der Waals surface area contributed by atoms with E-state index in [0.29, 0.717) is 5.82 Å². The number of nitrogens with one attached hydrogen (secondary N) is 2. The minimum atomic E-state index is -2.96. The second-order valence-electron chi connectivity index (χ2n) is 3.65. The van der Waals surface area contributed by atoms with Crippen LogP contribution in [0.3, 0.4) is 0 Å². The molecule has 0 aliphatic carbocycles. The van der Waals surface area contributed by atoms with Crippen LogP contribution in [0.25, 0.3) is 0 Å². The summed E-state index contributed by atoms with van der Waals surface area (Å²) in [7, 11) is -2.96. The number of hydrogen-bond acceptors (Lipinski definition) is 6. The third-order valence-electron chi connectivity index (χ3n) is 1.84. The van der Waals surface area contributed by atoms with Gasteiger partial charge in [-0.2, -0.15) is 5.21 Å². The first-order valence-electron chi connectivity index (χ1n) is 4.55. The summed E-state index contributed by atoms with van der Waals surface area (Å²) < 4.78 is 22.0. The van der Waals surface area contributed by atoms with Crippen LogP contribution in [0.1, 0.15) is 25.7 Å². The molecule has 1 aromatic rings. The van der Waals surface area contributed by atoms with Gasteiger partial charge in [-0.15, -0.1) is 10.2 Å². The smallest absolute Gasteiger partial charge is 0.191 e. The van der Waals surface area contributed by atoms with Gasteiger partial charge in [-0.05, 0) is 13.8 Å². The summed E-state index contributed by atoms with van der Waals surface area (Å²) >= 11 is 0. The highest BCUT2D eigenvalue weighted by molar-refractivity contribution is 7.90. The Bertz CT molecular complexity index is 388. The van der Waals surface area contributed by atoms with E-state index in [9.17, 15) is 8.42 Å². The first-order valence-corrected chi connectivity index (χ1v) is 6.61. The highest BCUT2D eigenvalue weighted by atomic mass is 32.2. The second-order valence-corrected chi connectivity index (χ2v) is 5.84. The van der Waals surface area contributed by atoms with Crippen LogP contribution in [0.5, 0.6) is 0 Å². The molecule has 86 valence electrons. The van der Waals surface area contributed by atoms with E-state index in [-0.39, 0.29) is 17.8 Å². The van der Waals surface area contributed by atoms with E-state index in [2.05, 4.69) is 25.9 Å². The lowest BCUT2D eigenvalue weighted by atomic mass is 10.3. The van der Waals surface area contributed by atoms with Crippen molar-refractivity contribution in [2.45, 2.75) is 25.9 Å². The van der Waals surface area contributed by atoms with Crippen LogP contribution < -0.4 is 5.32 Å². The normalized spacial score (nSPS) is 16.2. The van der Waals surface area contributed by atoms with Crippen LogP contribution in [-0.2, 0) is 9.84 Å². The molecule has 0 radical (unpaired) electrons. The average molecular weight is 233 g/mol. The maximum atomic E-state index is 11.0. The maximum absolute atomic E-state index is 11.0. The van der Waals surface area contributed by atoms with Crippen molar-refractivity contribution in [1.82, 2.24) is 25.9 Å². The Kier molecular flexibility index (Phi) is 3.75. The summed E-state index contributed by atoms with van der Waals surface area (Å²) in [5.74, 6) is 0.616. The van der Waals surface area contributed by atoms with E-state index in [1.54, 1.807) is 6.92 Å². The molecule has 15 heavy (non-hydrogen) atoms. The van der Waals surface area contributed by atoms with Gasteiger partial charge in [0.15, 0.2) is 5.82 Å². The molecule has 0 saturated carbocycles. The zero-order valence-electron chi connectivity index (χ0n) is 8.93. The molecule has 2 atom stereocenters. The molecule has 0 fully saturated rings. The van der Waals surface area contributed by atoms with Crippen molar-refractivity contribution < 1.29 is 8.42 Å². The highest BCUT2D eigenvalue weighted by Crippen LogP contribution is 2.05. The molecule has 1 rings (SSSR count). The predicted octanol–water partition coefficient (Wildman–Crippen LogP) is -0.717. The van der Waals surface area contributed by atoms with E-state index in [4.69, 9.17) is 0 Å². The van der Waals surface area contributed by atoms with Gasteiger partial charge in [0, 0.05) is 12.3 Å². The van der Waals surface area contributed by atoms with Gasteiger partial charge in [0.1, 0.15) is 9.84 Å². The predicted molar refractivity (Wildman–Crippen MR) is 54.9 cm³/mol. The average Bonchev–Trinajstić information content (AvgIpc) is 2.50. The molecule has 0 aliphatic heterocycles. The van der Waals surface area contributed by atoms with Crippen molar-refractivity contribution in [2.24, 2.45) is 0 Å². The number of hydrogen-bond donors (Lipinski definition) is 2. The molecule has 1 heterocycles. The minimum absolute atomic E-state index is 0.0925. The Balaban J connectivity index is 2.49. The first kappa shape index (κ1) is 12.1. The largest absolute Gasteiger partial charge is 0.304 e.